The molecule has 6 nitrogen and oxygen atoms in total. The molecule has 2 aromatic carbocycles. The molecule has 1 aliphatic heterocycles. The molecule has 1 fully saturated rings. The number of carbonyl (C=O) groups is 3. The number of hydrogen-bond acceptors (Lipinski definition) is 3. The van der Waals surface area contributed by atoms with Gasteiger partial charge in [-0.1, -0.05) is 23.7 Å². The van der Waals surface area contributed by atoms with Crippen LogP contribution in [0, 0.1) is 0 Å². The van der Waals surface area contributed by atoms with Crippen molar-refractivity contribution >= 4 is 46.4 Å². The summed E-state index contributed by atoms with van der Waals surface area (Å²) in [6, 6.07) is 8.99. The summed E-state index contributed by atoms with van der Waals surface area (Å²) in [5, 5.41) is 4.97. The number of imide groups is 2. The Balaban J connectivity index is 1.79. The predicted molar refractivity (Wildman–Crippen MR) is 107 cm³/mol. The van der Waals surface area contributed by atoms with E-state index in [4.69, 9.17) is 11.6 Å². The van der Waals surface area contributed by atoms with Gasteiger partial charge in [0.2, 0.25) is 0 Å². The number of rotatable bonds is 3. The van der Waals surface area contributed by atoms with E-state index in [9.17, 15) is 27.6 Å². The zero-order valence-corrected chi connectivity index (χ0v) is 16.3. The molecule has 4 rings (SSSR count). The van der Waals surface area contributed by atoms with Crippen LogP contribution in [0.4, 0.5) is 18.0 Å². The molecule has 0 bridgehead atoms. The number of barbiturate groups is 1. The Kier molecular flexibility index (Phi) is 5.06. The fraction of sp³-hybridized carbons (Fsp3) is 0.0952. The van der Waals surface area contributed by atoms with Gasteiger partial charge in [0, 0.05) is 34.2 Å². The smallest absolute Gasteiger partial charge is 0.342 e. The maximum Gasteiger partial charge on any atom is 0.416 e. The van der Waals surface area contributed by atoms with E-state index in [0.29, 0.717) is 27.1 Å². The summed E-state index contributed by atoms with van der Waals surface area (Å²) >= 11 is 6.09. The molecular weight excluding hydrogens is 435 g/mol. The van der Waals surface area contributed by atoms with E-state index >= 15 is 0 Å². The van der Waals surface area contributed by atoms with Gasteiger partial charge in [0.15, 0.2) is 0 Å². The average Bonchev–Trinajstić information content (AvgIpc) is 3.00. The molecule has 0 spiro atoms. The lowest BCUT2D eigenvalue weighted by molar-refractivity contribution is -0.137. The van der Waals surface area contributed by atoms with E-state index < -0.39 is 29.6 Å². The lowest BCUT2D eigenvalue weighted by atomic mass is 10.1. The number of fused-ring (bicyclic) bond motifs is 1. The van der Waals surface area contributed by atoms with Crippen molar-refractivity contribution in [2.24, 2.45) is 0 Å². The summed E-state index contributed by atoms with van der Waals surface area (Å²) in [5.41, 5.74) is 0.463. The van der Waals surface area contributed by atoms with E-state index in [2.05, 4.69) is 0 Å². The van der Waals surface area contributed by atoms with Crippen LogP contribution < -0.4 is 10.6 Å². The minimum Gasteiger partial charge on any atom is -0.342 e. The molecule has 1 aromatic heterocycles. The van der Waals surface area contributed by atoms with Gasteiger partial charge >= 0.3 is 12.2 Å². The molecule has 0 radical (unpaired) electrons. The summed E-state index contributed by atoms with van der Waals surface area (Å²) in [6.07, 6.45) is -1.55. The van der Waals surface area contributed by atoms with Gasteiger partial charge in [-0.25, -0.2) is 4.79 Å². The van der Waals surface area contributed by atoms with Crippen LogP contribution in [0.15, 0.2) is 54.2 Å². The molecule has 2 heterocycles. The van der Waals surface area contributed by atoms with E-state index in [0.717, 1.165) is 12.1 Å². The number of hydrogen-bond donors (Lipinski definition) is 2. The Morgan fingerprint density at radius 3 is 2.39 bits per heavy atom. The monoisotopic (exact) mass is 447 g/mol. The number of amides is 4. The third-order valence-corrected chi connectivity index (χ3v) is 4.96. The van der Waals surface area contributed by atoms with Crippen LogP contribution in [-0.2, 0) is 22.3 Å². The third-order valence-electron chi connectivity index (χ3n) is 4.72. The van der Waals surface area contributed by atoms with Crippen molar-refractivity contribution in [1.82, 2.24) is 15.2 Å². The van der Waals surface area contributed by atoms with Crippen LogP contribution in [0.1, 0.15) is 16.7 Å². The Hall–Kier alpha value is -3.59. The van der Waals surface area contributed by atoms with Crippen molar-refractivity contribution in [3.05, 3.63) is 75.9 Å². The number of benzene rings is 2. The minimum absolute atomic E-state index is 0.113. The van der Waals surface area contributed by atoms with Crippen LogP contribution in [-0.4, -0.2) is 22.4 Å². The molecular formula is C21H13ClF3N3O3. The zero-order chi connectivity index (χ0) is 22.3. The molecule has 0 atom stereocenters. The molecule has 0 aliphatic carbocycles. The van der Waals surface area contributed by atoms with Gasteiger partial charge in [0.25, 0.3) is 11.8 Å². The van der Waals surface area contributed by atoms with Gasteiger partial charge < -0.3 is 4.57 Å². The van der Waals surface area contributed by atoms with Crippen molar-refractivity contribution in [2.75, 3.05) is 0 Å². The molecule has 4 amide bonds. The number of halogens is 4. The van der Waals surface area contributed by atoms with Gasteiger partial charge in [-0.2, -0.15) is 13.2 Å². The summed E-state index contributed by atoms with van der Waals surface area (Å²) < 4.78 is 40.8. The fourth-order valence-electron chi connectivity index (χ4n) is 3.35. The molecule has 10 heteroatoms. The number of nitrogens with zero attached hydrogens (tertiary/aromatic N) is 1. The second-order valence-electron chi connectivity index (χ2n) is 6.87. The van der Waals surface area contributed by atoms with Crippen LogP contribution in [0.3, 0.4) is 0 Å². The van der Waals surface area contributed by atoms with Crippen molar-refractivity contribution in [2.45, 2.75) is 12.7 Å². The van der Waals surface area contributed by atoms with Crippen LogP contribution in [0.2, 0.25) is 5.02 Å². The van der Waals surface area contributed by atoms with Crippen molar-refractivity contribution in [3.8, 4) is 0 Å². The van der Waals surface area contributed by atoms with Gasteiger partial charge in [-0.05, 0) is 42.0 Å². The summed E-state index contributed by atoms with van der Waals surface area (Å²) in [7, 11) is 0. The molecule has 1 saturated heterocycles. The van der Waals surface area contributed by atoms with E-state index in [1.54, 1.807) is 35.0 Å². The van der Waals surface area contributed by atoms with Gasteiger partial charge in [-0.3, -0.25) is 20.2 Å². The van der Waals surface area contributed by atoms with Gasteiger partial charge in [0.05, 0.1) is 5.56 Å². The molecule has 1 aliphatic rings. The number of aromatic nitrogens is 1. The molecule has 158 valence electrons. The lowest BCUT2D eigenvalue weighted by Crippen LogP contribution is -2.51. The summed E-state index contributed by atoms with van der Waals surface area (Å²) in [5.74, 6) is -1.70. The maximum absolute atomic E-state index is 13.0. The molecule has 2 N–H and O–H groups in total. The number of urea groups is 1. The molecule has 31 heavy (non-hydrogen) atoms. The fourth-order valence-corrected chi connectivity index (χ4v) is 3.52. The number of alkyl halides is 3. The van der Waals surface area contributed by atoms with Gasteiger partial charge in [-0.15, -0.1) is 0 Å². The maximum atomic E-state index is 13.0. The predicted octanol–water partition coefficient (Wildman–Crippen LogP) is 4.11. The number of carbonyl (C=O) groups excluding carboxylic acids is 3. The summed E-state index contributed by atoms with van der Waals surface area (Å²) in [4.78, 5) is 35.4. The highest BCUT2D eigenvalue weighted by Crippen LogP contribution is 2.31. The van der Waals surface area contributed by atoms with Crippen LogP contribution in [0.25, 0.3) is 17.0 Å². The quantitative estimate of drug-likeness (QED) is 0.468. The van der Waals surface area contributed by atoms with Gasteiger partial charge in [0.1, 0.15) is 5.57 Å². The second kappa shape index (κ2) is 7.59. The first kappa shape index (κ1) is 20.7. The summed E-state index contributed by atoms with van der Waals surface area (Å²) in [6.45, 7) is 0.113. The molecule has 3 aromatic rings. The van der Waals surface area contributed by atoms with E-state index in [1.807, 2.05) is 10.6 Å². The van der Waals surface area contributed by atoms with E-state index in [-0.39, 0.29) is 12.1 Å². The topological polar surface area (TPSA) is 80.2 Å². The largest absolute Gasteiger partial charge is 0.416 e. The minimum atomic E-state index is -4.46. The van der Waals surface area contributed by atoms with Crippen molar-refractivity contribution < 1.29 is 27.6 Å². The SMILES string of the molecule is O=C1NC(=O)C(=Cc2cn(Cc3cccc(C(F)(F)F)c3)c3ccc(Cl)cc23)C(=O)N1. The Morgan fingerprint density at radius 1 is 1.00 bits per heavy atom. The van der Waals surface area contributed by atoms with Crippen molar-refractivity contribution in [1.29, 1.82) is 0 Å². The average molecular weight is 448 g/mol. The van der Waals surface area contributed by atoms with E-state index in [1.165, 1.54) is 12.1 Å². The Bertz CT molecular complexity index is 1260. The highest BCUT2D eigenvalue weighted by molar-refractivity contribution is 6.32. The normalized spacial score (nSPS) is 14.6. The Morgan fingerprint density at radius 2 is 1.71 bits per heavy atom. The third kappa shape index (κ3) is 4.17. The second-order valence-corrected chi connectivity index (χ2v) is 7.30. The highest BCUT2D eigenvalue weighted by atomic mass is 35.5. The van der Waals surface area contributed by atoms with Crippen LogP contribution in [0.5, 0.6) is 0 Å². The Labute approximate surface area is 178 Å². The first-order valence-corrected chi connectivity index (χ1v) is 9.32. The molecule has 0 unspecified atom stereocenters. The highest BCUT2D eigenvalue weighted by Gasteiger charge is 2.30. The first-order valence-electron chi connectivity index (χ1n) is 8.95. The van der Waals surface area contributed by atoms with Crippen molar-refractivity contribution in [3.63, 3.8) is 0 Å². The van der Waals surface area contributed by atoms with Crippen LogP contribution >= 0.6 is 11.6 Å². The lowest BCUT2D eigenvalue weighted by Gasteiger charge is -2.13. The number of nitrogens with one attached hydrogen (secondary N) is 2. The first-order chi connectivity index (χ1) is 14.6. The standard InChI is InChI=1S/C21H13ClF3N3O3/c22-14-4-5-17-15(8-14)12(7-16-18(29)26-20(31)27-19(16)30)10-28(17)9-11-2-1-3-13(6-11)21(23,24)25/h1-8,10H,9H2,(H2,26,27,29,30,31). The zero-order valence-electron chi connectivity index (χ0n) is 15.6. The molecule has 0 saturated carbocycles.